The van der Waals surface area contributed by atoms with Crippen LogP contribution in [0.3, 0.4) is 0 Å². The van der Waals surface area contributed by atoms with E-state index in [0.717, 1.165) is 11.8 Å². The molecule has 1 aromatic rings. The summed E-state index contributed by atoms with van der Waals surface area (Å²) in [5.41, 5.74) is 0.640. The maximum Gasteiger partial charge on any atom is 0.323 e. The molecule has 2 rings (SSSR count). The Morgan fingerprint density at radius 1 is 1.40 bits per heavy atom. The first kappa shape index (κ1) is 14.2. The van der Waals surface area contributed by atoms with Crippen LogP contribution < -0.4 is 10.1 Å². The van der Waals surface area contributed by atoms with E-state index in [4.69, 9.17) is 9.84 Å². The molecule has 0 spiro atoms. The number of carboxylic acid groups (broad SMARTS) is 1. The number of hydrogen-bond acceptors (Lipinski definition) is 6. The number of methoxy groups -OCH3 is 1. The Bertz CT molecular complexity index is 545. The minimum absolute atomic E-state index is 0.557. The van der Waals surface area contributed by atoms with Crippen LogP contribution in [0.25, 0.3) is 0 Å². The zero-order valence-electron chi connectivity index (χ0n) is 10.5. The van der Waals surface area contributed by atoms with Gasteiger partial charge in [0.2, 0.25) is 0 Å². The Labute approximate surface area is 118 Å². The van der Waals surface area contributed by atoms with Gasteiger partial charge in [-0.15, -0.1) is 0 Å². The largest absolute Gasteiger partial charge is 0.497 e. The summed E-state index contributed by atoms with van der Waals surface area (Å²) in [5.74, 6) is -1.11. The van der Waals surface area contributed by atoms with Gasteiger partial charge in [-0.25, -0.2) is 0 Å². The topological polar surface area (TPSA) is 95.9 Å². The third kappa shape index (κ3) is 3.02. The number of anilines is 1. The number of nitrogens with one attached hydrogen (secondary N) is 1. The van der Waals surface area contributed by atoms with Gasteiger partial charge in [-0.1, -0.05) is 0 Å². The van der Waals surface area contributed by atoms with Crippen molar-refractivity contribution in [3.05, 3.63) is 24.3 Å². The van der Waals surface area contributed by atoms with Crippen molar-refractivity contribution < 1.29 is 24.2 Å². The first-order chi connectivity index (χ1) is 9.51. The predicted octanol–water partition coefficient (Wildman–Crippen LogP) is 1.21. The van der Waals surface area contributed by atoms with Crippen LogP contribution in [0.4, 0.5) is 10.5 Å². The van der Waals surface area contributed by atoms with Crippen molar-refractivity contribution in [3.63, 3.8) is 0 Å². The van der Waals surface area contributed by atoms with E-state index in [-0.39, 0.29) is 0 Å². The molecule has 1 heterocycles. The molecule has 1 aliphatic rings. The van der Waals surface area contributed by atoms with E-state index in [0.29, 0.717) is 16.3 Å². The van der Waals surface area contributed by atoms with Crippen LogP contribution >= 0.6 is 11.8 Å². The van der Waals surface area contributed by atoms with E-state index < -0.39 is 29.0 Å². The van der Waals surface area contributed by atoms with Gasteiger partial charge in [0.25, 0.3) is 11.1 Å². The van der Waals surface area contributed by atoms with E-state index in [1.54, 1.807) is 31.4 Å². The van der Waals surface area contributed by atoms with Crippen molar-refractivity contribution in [3.8, 4) is 5.75 Å². The van der Waals surface area contributed by atoms with Crippen LogP contribution in [0.15, 0.2) is 24.3 Å². The molecular weight excluding hydrogens is 284 g/mol. The maximum atomic E-state index is 11.9. The highest BCUT2D eigenvalue weighted by atomic mass is 32.2. The minimum Gasteiger partial charge on any atom is -0.497 e. The summed E-state index contributed by atoms with van der Waals surface area (Å²) in [7, 11) is 1.54. The highest BCUT2D eigenvalue weighted by molar-refractivity contribution is 8.15. The number of carbonyl (C=O) groups is 3. The Hall–Kier alpha value is -2.22. The van der Waals surface area contributed by atoms with Crippen LogP contribution in [-0.4, -0.2) is 46.2 Å². The summed E-state index contributed by atoms with van der Waals surface area (Å²) in [6.45, 7) is -0.620. The summed E-state index contributed by atoms with van der Waals surface area (Å²) >= 11 is 0.760. The van der Waals surface area contributed by atoms with E-state index in [1.807, 2.05) is 0 Å². The fourth-order valence-corrected chi connectivity index (χ4v) is 2.56. The second-order valence-electron chi connectivity index (χ2n) is 3.95. The molecule has 0 aliphatic carbocycles. The minimum atomic E-state index is -1.22. The van der Waals surface area contributed by atoms with Crippen molar-refractivity contribution in [2.45, 2.75) is 5.37 Å². The number of carbonyl (C=O) groups excluding carboxylic acids is 2. The molecule has 2 amide bonds. The van der Waals surface area contributed by atoms with E-state index in [1.165, 1.54) is 0 Å². The molecule has 20 heavy (non-hydrogen) atoms. The van der Waals surface area contributed by atoms with Crippen LogP contribution in [0.1, 0.15) is 0 Å². The average Bonchev–Trinajstić information content (AvgIpc) is 2.67. The summed E-state index contributed by atoms with van der Waals surface area (Å²) in [4.78, 5) is 34.8. The maximum absolute atomic E-state index is 11.9. The second-order valence-corrected chi connectivity index (χ2v) is 5.01. The van der Waals surface area contributed by atoms with Gasteiger partial charge in [0.1, 0.15) is 12.3 Å². The lowest BCUT2D eigenvalue weighted by Gasteiger charge is -2.13. The summed E-state index contributed by atoms with van der Waals surface area (Å²) in [6, 6.07) is 6.83. The molecule has 0 saturated carbocycles. The van der Waals surface area contributed by atoms with E-state index in [2.05, 4.69) is 5.32 Å². The monoisotopic (exact) mass is 296 g/mol. The third-order valence-electron chi connectivity index (χ3n) is 2.61. The number of benzene rings is 1. The SMILES string of the molecule is COc1ccc(N[C@@H]2SC(=O)N(CC(=O)O)C2=O)cc1. The highest BCUT2D eigenvalue weighted by Crippen LogP contribution is 2.28. The quantitative estimate of drug-likeness (QED) is 0.843. The lowest BCUT2D eigenvalue weighted by atomic mass is 10.3. The van der Waals surface area contributed by atoms with Crippen molar-refractivity contribution >= 4 is 34.6 Å². The Kier molecular flexibility index (Phi) is 4.14. The molecule has 1 aliphatic heterocycles. The lowest BCUT2D eigenvalue weighted by molar-refractivity contribution is -0.141. The van der Waals surface area contributed by atoms with Crippen LogP contribution in [0, 0.1) is 0 Å². The molecule has 0 bridgehead atoms. The van der Waals surface area contributed by atoms with Crippen molar-refractivity contribution in [2.24, 2.45) is 0 Å². The lowest BCUT2D eigenvalue weighted by Crippen LogP contribution is -2.37. The molecule has 1 atom stereocenters. The van der Waals surface area contributed by atoms with Gasteiger partial charge in [-0.05, 0) is 36.0 Å². The van der Waals surface area contributed by atoms with Gasteiger partial charge >= 0.3 is 5.97 Å². The number of amides is 2. The zero-order valence-corrected chi connectivity index (χ0v) is 11.3. The molecule has 106 valence electrons. The Balaban J connectivity index is 2.04. The zero-order chi connectivity index (χ0) is 14.7. The van der Waals surface area contributed by atoms with Crippen LogP contribution in [0.2, 0.25) is 0 Å². The number of rotatable bonds is 5. The molecular formula is C12H12N2O5S. The molecule has 1 fully saturated rings. The van der Waals surface area contributed by atoms with Crippen molar-refractivity contribution in [1.29, 1.82) is 0 Å². The number of aliphatic carboxylic acids is 1. The predicted molar refractivity (Wildman–Crippen MR) is 72.7 cm³/mol. The number of thioether (sulfide) groups is 1. The average molecular weight is 296 g/mol. The standard InChI is InChI=1S/C12H12N2O5S/c1-19-8-4-2-7(3-5-8)13-10-11(17)14(6-9(15)16)12(18)20-10/h2-5,10,13H,6H2,1H3,(H,15,16)/t10-/m1/s1. The fraction of sp³-hybridized carbons (Fsp3) is 0.250. The first-order valence-electron chi connectivity index (χ1n) is 5.65. The van der Waals surface area contributed by atoms with Crippen LogP contribution in [-0.2, 0) is 9.59 Å². The fourth-order valence-electron chi connectivity index (χ4n) is 1.65. The first-order valence-corrected chi connectivity index (χ1v) is 6.53. The molecule has 0 unspecified atom stereocenters. The third-order valence-corrected chi connectivity index (χ3v) is 3.59. The van der Waals surface area contributed by atoms with Crippen molar-refractivity contribution in [1.82, 2.24) is 4.90 Å². The molecule has 1 saturated heterocycles. The number of ether oxygens (including phenoxy) is 1. The van der Waals surface area contributed by atoms with Gasteiger partial charge in [0.05, 0.1) is 7.11 Å². The summed E-state index contributed by atoms with van der Waals surface area (Å²) < 4.78 is 5.01. The normalized spacial score (nSPS) is 18.2. The molecule has 0 radical (unpaired) electrons. The summed E-state index contributed by atoms with van der Waals surface area (Å²) in [6.07, 6.45) is 0. The van der Waals surface area contributed by atoms with Gasteiger partial charge < -0.3 is 15.2 Å². The van der Waals surface area contributed by atoms with Gasteiger partial charge in [0, 0.05) is 5.69 Å². The summed E-state index contributed by atoms with van der Waals surface area (Å²) in [5, 5.41) is 10.2. The van der Waals surface area contributed by atoms with Gasteiger partial charge in [0.15, 0.2) is 5.37 Å². The van der Waals surface area contributed by atoms with Crippen molar-refractivity contribution in [2.75, 3.05) is 19.0 Å². The number of nitrogens with zero attached hydrogens (tertiary/aromatic N) is 1. The Morgan fingerprint density at radius 3 is 2.60 bits per heavy atom. The van der Waals surface area contributed by atoms with Gasteiger partial charge in [-0.3, -0.25) is 19.3 Å². The number of carboxylic acids is 1. The second kappa shape index (κ2) is 5.83. The Morgan fingerprint density at radius 2 is 2.05 bits per heavy atom. The molecule has 8 heteroatoms. The highest BCUT2D eigenvalue weighted by Gasteiger charge is 2.40. The molecule has 1 aromatic carbocycles. The smallest absolute Gasteiger partial charge is 0.323 e. The number of hydrogen-bond donors (Lipinski definition) is 2. The van der Waals surface area contributed by atoms with E-state index in [9.17, 15) is 14.4 Å². The van der Waals surface area contributed by atoms with Crippen LogP contribution in [0.5, 0.6) is 5.75 Å². The molecule has 2 N–H and O–H groups in total. The van der Waals surface area contributed by atoms with Gasteiger partial charge in [-0.2, -0.15) is 0 Å². The molecule has 7 nitrogen and oxygen atoms in total. The number of imide groups is 1. The van der Waals surface area contributed by atoms with E-state index >= 15 is 0 Å². The molecule has 0 aromatic heterocycles.